The molecule has 3 amide bonds. The first-order valence-electron chi connectivity index (χ1n) is 8.34. The molecule has 0 spiro atoms. The number of amides is 3. The Kier molecular flexibility index (Phi) is 5.76. The maximum Gasteiger partial charge on any atom is 0.266 e. The molecule has 1 heterocycles. The predicted molar refractivity (Wildman–Crippen MR) is 107 cm³/mol. The lowest BCUT2D eigenvalue weighted by Crippen LogP contribution is -2.57. The quantitative estimate of drug-likeness (QED) is 0.350. The smallest absolute Gasteiger partial charge is 0.266 e. The number of carbonyl (C=O) groups is 3. The van der Waals surface area contributed by atoms with Crippen LogP contribution in [0, 0.1) is 23.1 Å². The molecule has 1 aliphatic heterocycles. The van der Waals surface area contributed by atoms with Crippen molar-refractivity contribution in [3.05, 3.63) is 72.1 Å². The average Bonchev–Trinajstić information content (AvgIpc) is 2.70. The van der Waals surface area contributed by atoms with E-state index in [2.05, 4.69) is 10.6 Å². The van der Waals surface area contributed by atoms with Gasteiger partial charge in [0.1, 0.15) is 23.4 Å². The van der Waals surface area contributed by atoms with E-state index in [0.29, 0.717) is 5.69 Å². The summed E-state index contributed by atoms with van der Waals surface area (Å²) in [6.07, 6.45) is 0.936. The Hall–Kier alpha value is -3.90. The Morgan fingerprint density at radius 3 is 2.48 bits per heavy atom. The second kappa shape index (κ2) is 8.41. The van der Waals surface area contributed by atoms with Crippen molar-refractivity contribution in [2.75, 3.05) is 10.2 Å². The van der Waals surface area contributed by atoms with Crippen LogP contribution in [0.15, 0.2) is 66.2 Å². The summed E-state index contributed by atoms with van der Waals surface area (Å²) < 4.78 is 13.7. The molecule has 0 radical (unpaired) electrons. The van der Waals surface area contributed by atoms with Gasteiger partial charge in [-0.2, -0.15) is 5.26 Å². The van der Waals surface area contributed by atoms with Crippen LogP contribution in [0.1, 0.15) is 0 Å². The Morgan fingerprint density at radius 2 is 1.83 bits per heavy atom. The van der Waals surface area contributed by atoms with Crippen LogP contribution in [-0.4, -0.2) is 22.8 Å². The van der Waals surface area contributed by atoms with Crippen molar-refractivity contribution in [1.82, 2.24) is 5.32 Å². The summed E-state index contributed by atoms with van der Waals surface area (Å²) in [5, 5.41) is 13.9. The van der Waals surface area contributed by atoms with Gasteiger partial charge in [-0.3, -0.25) is 19.3 Å². The minimum absolute atomic E-state index is 0.106. The van der Waals surface area contributed by atoms with Crippen molar-refractivity contribution in [2.24, 2.45) is 5.92 Å². The molecule has 3 rings (SSSR count). The SMILES string of the molecule is N#C/C(=C/[C@H]1C(=O)NC(=S)N(c2ccccc2)C1=O)C(=O)Nc1ccccc1F. The highest BCUT2D eigenvalue weighted by atomic mass is 32.1. The van der Waals surface area contributed by atoms with E-state index in [1.807, 2.05) is 0 Å². The Morgan fingerprint density at radius 1 is 1.17 bits per heavy atom. The first kappa shape index (κ1) is 19.9. The molecule has 0 aromatic heterocycles. The van der Waals surface area contributed by atoms with E-state index in [9.17, 15) is 24.0 Å². The molecule has 2 aromatic carbocycles. The van der Waals surface area contributed by atoms with Gasteiger partial charge in [-0.25, -0.2) is 4.39 Å². The molecule has 9 heteroatoms. The van der Waals surface area contributed by atoms with Crippen molar-refractivity contribution < 1.29 is 18.8 Å². The van der Waals surface area contributed by atoms with Crippen LogP contribution in [0.3, 0.4) is 0 Å². The fraction of sp³-hybridized carbons (Fsp3) is 0.0500. The number of carbonyl (C=O) groups excluding carboxylic acids is 3. The van der Waals surface area contributed by atoms with E-state index in [1.165, 1.54) is 18.2 Å². The highest BCUT2D eigenvalue weighted by Gasteiger charge is 2.38. The number of hydrogen-bond acceptors (Lipinski definition) is 5. The largest absolute Gasteiger partial charge is 0.319 e. The van der Waals surface area contributed by atoms with Gasteiger partial charge >= 0.3 is 0 Å². The molecule has 2 aromatic rings. The molecule has 0 aliphatic carbocycles. The van der Waals surface area contributed by atoms with Crippen molar-refractivity contribution in [3.8, 4) is 6.07 Å². The second-order valence-electron chi connectivity index (χ2n) is 5.91. The van der Waals surface area contributed by atoms with Crippen molar-refractivity contribution in [1.29, 1.82) is 5.26 Å². The first-order valence-corrected chi connectivity index (χ1v) is 8.75. The third-order valence-corrected chi connectivity index (χ3v) is 4.32. The van der Waals surface area contributed by atoms with Gasteiger partial charge in [0.15, 0.2) is 5.11 Å². The molecule has 0 saturated carbocycles. The third kappa shape index (κ3) is 4.17. The molecule has 7 nitrogen and oxygen atoms in total. The topological polar surface area (TPSA) is 102 Å². The number of nitrogens with zero attached hydrogens (tertiary/aromatic N) is 2. The number of thiocarbonyl (C=S) groups is 1. The molecule has 29 heavy (non-hydrogen) atoms. The summed E-state index contributed by atoms with van der Waals surface area (Å²) in [6, 6.07) is 15.4. The molecule has 2 N–H and O–H groups in total. The third-order valence-electron chi connectivity index (χ3n) is 4.04. The number of halogens is 1. The van der Waals surface area contributed by atoms with E-state index >= 15 is 0 Å². The lowest BCUT2D eigenvalue weighted by atomic mass is 10.0. The van der Waals surface area contributed by atoms with Gasteiger partial charge in [-0.15, -0.1) is 0 Å². The minimum atomic E-state index is -1.46. The fourth-order valence-corrected chi connectivity index (χ4v) is 2.94. The van der Waals surface area contributed by atoms with Gasteiger partial charge < -0.3 is 10.6 Å². The summed E-state index contributed by atoms with van der Waals surface area (Å²) >= 11 is 5.08. The van der Waals surface area contributed by atoms with Gasteiger partial charge in [0.25, 0.3) is 5.91 Å². The molecule has 0 bridgehead atoms. The van der Waals surface area contributed by atoms with Gasteiger partial charge in [-0.1, -0.05) is 30.3 Å². The first-order chi connectivity index (χ1) is 13.9. The average molecular weight is 408 g/mol. The number of benzene rings is 2. The Balaban J connectivity index is 1.89. The number of nitrogens with one attached hydrogen (secondary N) is 2. The molecule has 1 atom stereocenters. The summed E-state index contributed by atoms with van der Waals surface area (Å²) in [5.41, 5.74) is -0.219. The molecule has 1 aliphatic rings. The summed E-state index contributed by atoms with van der Waals surface area (Å²) in [7, 11) is 0. The van der Waals surface area contributed by atoms with Gasteiger partial charge in [0.05, 0.1) is 11.4 Å². The van der Waals surface area contributed by atoms with Crippen LogP contribution in [0.5, 0.6) is 0 Å². The Labute approximate surface area is 170 Å². The molecule has 144 valence electrons. The molecular weight excluding hydrogens is 395 g/mol. The second-order valence-corrected chi connectivity index (χ2v) is 6.29. The number of para-hydroxylation sites is 2. The Bertz CT molecular complexity index is 1080. The number of rotatable bonds is 4. The zero-order chi connectivity index (χ0) is 21.0. The number of hydrogen-bond donors (Lipinski definition) is 2. The monoisotopic (exact) mass is 408 g/mol. The van der Waals surface area contributed by atoms with Crippen LogP contribution in [0.4, 0.5) is 15.8 Å². The summed E-state index contributed by atoms with van der Waals surface area (Å²) in [5.74, 6) is -4.57. The zero-order valence-corrected chi connectivity index (χ0v) is 15.6. The lowest BCUT2D eigenvalue weighted by Gasteiger charge is -2.31. The van der Waals surface area contributed by atoms with Crippen LogP contribution in [-0.2, 0) is 14.4 Å². The molecule has 1 saturated heterocycles. The number of anilines is 2. The van der Waals surface area contributed by atoms with Crippen LogP contribution < -0.4 is 15.5 Å². The predicted octanol–water partition coefficient (Wildman–Crippen LogP) is 2.28. The maximum absolute atomic E-state index is 13.7. The zero-order valence-electron chi connectivity index (χ0n) is 14.8. The number of nitriles is 1. The van der Waals surface area contributed by atoms with Crippen molar-refractivity contribution in [3.63, 3.8) is 0 Å². The highest BCUT2D eigenvalue weighted by molar-refractivity contribution is 7.80. The van der Waals surface area contributed by atoms with E-state index in [0.717, 1.165) is 17.0 Å². The van der Waals surface area contributed by atoms with Gasteiger partial charge in [0, 0.05) is 0 Å². The van der Waals surface area contributed by atoms with Gasteiger partial charge in [0.2, 0.25) is 11.8 Å². The van der Waals surface area contributed by atoms with Crippen LogP contribution in [0.25, 0.3) is 0 Å². The summed E-state index contributed by atoms with van der Waals surface area (Å²) in [6.45, 7) is 0. The van der Waals surface area contributed by atoms with Crippen molar-refractivity contribution >= 4 is 46.4 Å². The fourth-order valence-electron chi connectivity index (χ4n) is 2.64. The molecule has 1 fully saturated rings. The van der Waals surface area contributed by atoms with Crippen LogP contribution >= 0.6 is 12.2 Å². The summed E-state index contributed by atoms with van der Waals surface area (Å²) in [4.78, 5) is 38.6. The normalized spacial score (nSPS) is 16.8. The highest BCUT2D eigenvalue weighted by Crippen LogP contribution is 2.22. The molecular formula is C20H13FN4O3S. The van der Waals surface area contributed by atoms with Crippen molar-refractivity contribution in [2.45, 2.75) is 0 Å². The molecule has 0 unspecified atom stereocenters. The van der Waals surface area contributed by atoms with E-state index in [1.54, 1.807) is 36.4 Å². The van der Waals surface area contributed by atoms with E-state index < -0.39 is 35.0 Å². The van der Waals surface area contributed by atoms with E-state index in [-0.39, 0.29) is 10.8 Å². The lowest BCUT2D eigenvalue weighted by molar-refractivity contribution is -0.131. The minimum Gasteiger partial charge on any atom is -0.319 e. The van der Waals surface area contributed by atoms with Gasteiger partial charge in [-0.05, 0) is 42.6 Å². The maximum atomic E-state index is 13.7. The van der Waals surface area contributed by atoms with E-state index in [4.69, 9.17) is 12.2 Å². The standard InChI is InChI=1S/C20H13FN4O3S/c21-15-8-4-5-9-16(15)23-17(26)12(11-22)10-14-18(27)24-20(29)25(19(14)28)13-6-2-1-3-7-13/h1-10,14H,(H,23,26)(H,24,27,29)/b12-10-/t14-/m0/s1. The van der Waals surface area contributed by atoms with Crippen LogP contribution in [0.2, 0.25) is 0 Å².